The minimum absolute atomic E-state index is 0.108. The lowest BCUT2D eigenvalue weighted by Crippen LogP contribution is -2.34. The first-order chi connectivity index (χ1) is 10.6. The molecule has 0 aromatic heterocycles. The summed E-state index contributed by atoms with van der Waals surface area (Å²) in [4.78, 5) is 1.85. The molecule has 1 aromatic rings. The van der Waals surface area contributed by atoms with E-state index in [0.29, 0.717) is 25.9 Å². The van der Waals surface area contributed by atoms with E-state index in [4.69, 9.17) is 0 Å². The number of rotatable bonds is 8. The zero-order valence-corrected chi connectivity index (χ0v) is 14.4. The van der Waals surface area contributed by atoms with Crippen molar-refractivity contribution in [1.82, 2.24) is 9.21 Å². The van der Waals surface area contributed by atoms with Crippen LogP contribution in [0.25, 0.3) is 0 Å². The standard InChI is InChI=1S/C15H23F3N2O2S/c1-4-10-20(12-5-11-19(2)3)23(21,22)14-8-6-13(7-9-14)15(16,17)18/h6-9H,4-5,10-12H2,1-3H3. The van der Waals surface area contributed by atoms with Crippen molar-refractivity contribution in [2.75, 3.05) is 33.7 Å². The van der Waals surface area contributed by atoms with Gasteiger partial charge in [0.15, 0.2) is 0 Å². The minimum atomic E-state index is -4.48. The van der Waals surface area contributed by atoms with Gasteiger partial charge in [-0.15, -0.1) is 0 Å². The van der Waals surface area contributed by atoms with Crippen LogP contribution >= 0.6 is 0 Å². The lowest BCUT2D eigenvalue weighted by Gasteiger charge is -2.22. The highest BCUT2D eigenvalue weighted by atomic mass is 32.2. The molecule has 0 saturated heterocycles. The Morgan fingerprint density at radius 3 is 2.00 bits per heavy atom. The van der Waals surface area contributed by atoms with Crippen LogP contribution < -0.4 is 0 Å². The number of nitrogens with zero attached hydrogens (tertiary/aromatic N) is 2. The van der Waals surface area contributed by atoms with Crippen LogP contribution in [0.4, 0.5) is 13.2 Å². The second kappa shape index (κ2) is 8.12. The predicted molar refractivity (Wildman–Crippen MR) is 83.7 cm³/mol. The molecule has 8 heteroatoms. The Kier molecular flexibility index (Phi) is 7.03. The Morgan fingerprint density at radius 2 is 1.57 bits per heavy atom. The summed E-state index contributed by atoms with van der Waals surface area (Å²) in [5.74, 6) is 0. The van der Waals surface area contributed by atoms with Crippen molar-refractivity contribution < 1.29 is 21.6 Å². The summed E-state index contributed by atoms with van der Waals surface area (Å²) in [6.07, 6.45) is -3.17. The molecule has 132 valence electrons. The molecule has 0 heterocycles. The first kappa shape index (κ1) is 19.9. The minimum Gasteiger partial charge on any atom is -0.309 e. The maximum absolute atomic E-state index is 12.6. The fourth-order valence-electron chi connectivity index (χ4n) is 2.13. The van der Waals surface area contributed by atoms with E-state index in [2.05, 4.69) is 0 Å². The van der Waals surface area contributed by atoms with Crippen LogP contribution in [0, 0.1) is 0 Å². The van der Waals surface area contributed by atoms with Crippen molar-refractivity contribution in [3.05, 3.63) is 29.8 Å². The van der Waals surface area contributed by atoms with Crippen LogP contribution in [0.2, 0.25) is 0 Å². The van der Waals surface area contributed by atoms with Gasteiger partial charge >= 0.3 is 6.18 Å². The van der Waals surface area contributed by atoms with Crippen LogP contribution in [0.1, 0.15) is 25.3 Å². The van der Waals surface area contributed by atoms with Gasteiger partial charge in [-0.1, -0.05) is 6.92 Å². The summed E-state index contributed by atoms with van der Waals surface area (Å²) in [5.41, 5.74) is -0.855. The van der Waals surface area contributed by atoms with E-state index >= 15 is 0 Å². The van der Waals surface area contributed by atoms with E-state index in [1.165, 1.54) is 4.31 Å². The summed E-state index contributed by atoms with van der Waals surface area (Å²) in [5, 5.41) is 0. The predicted octanol–water partition coefficient (Wildman–Crippen LogP) is 3.06. The zero-order valence-electron chi connectivity index (χ0n) is 13.6. The van der Waals surface area contributed by atoms with Crippen LogP contribution in [0.3, 0.4) is 0 Å². The van der Waals surface area contributed by atoms with Crippen LogP contribution in [-0.2, 0) is 16.2 Å². The summed E-state index contributed by atoms with van der Waals surface area (Å²) in [6.45, 7) is 3.29. The molecule has 0 N–H and O–H groups in total. The molecule has 23 heavy (non-hydrogen) atoms. The summed E-state index contributed by atoms with van der Waals surface area (Å²) >= 11 is 0. The van der Waals surface area contributed by atoms with Gasteiger partial charge in [0.05, 0.1) is 10.5 Å². The van der Waals surface area contributed by atoms with Gasteiger partial charge in [0.1, 0.15) is 0 Å². The van der Waals surface area contributed by atoms with E-state index < -0.39 is 21.8 Å². The number of sulfonamides is 1. The molecule has 0 spiro atoms. The van der Waals surface area contributed by atoms with Gasteiger partial charge in [0.25, 0.3) is 0 Å². The number of benzene rings is 1. The van der Waals surface area contributed by atoms with Crippen molar-refractivity contribution in [1.29, 1.82) is 0 Å². The Bertz CT molecular complexity index is 584. The normalized spacial score (nSPS) is 13.0. The van der Waals surface area contributed by atoms with Gasteiger partial charge in [-0.2, -0.15) is 17.5 Å². The first-order valence-corrected chi connectivity index (χ1v) is 8.85. The van der Waals surface area contributed by atoms with E-state index in [-0.39, 0.29) is 4.90 Å². The number of halogens is 3. The second-order valence-electron chi connectivity index (χ2n) is 5.58. The van der Waals surface area contributed by atoms with Gasteiger partial charge in [0.2, 0.25) is 10.0 Å². The lowest BCUT2D eigenvalue weighted by atomic mass is 10.2. The molecule has 1 aromatic carbocycles. The van der Waals surface area contributed by atoms with Crippen molar-refractivity contribution in [3.63, 3.8) is 0 Å². The number of hydrogen-bond acceptors (Lipinski definition) is 3. The highest BCUT2D eigenvalue weighted by Crippen LogP contribution is 2.30. The molecule has 0 fully saturated rings. The third-order valence-corrected chi connectivity index (χ3v) is 5.22. The molecular weight excluding hydrogens is 329 g/mol. The monoisotopic (exact) mass is 352 g/mol. The van der Waals surface area contributed by atoms with Crippen molar-refractivity contribution in [2.45, 2.75) is 30.8 Å². The SMILES string of the molecule is CCCN(CCCN(C)C)S(=O)(=O)c1ccc(C(F)(F)F)cc1. The van der Waals surface area contributed by atoms with Crippen LogP contribution in [0.15, 0.2) is 29.2 Å². The van der Waals surface area contributed by atoms with Gasteiger partial charge in [-0.05, 0) is 57.7 Å². The van der Waals surface area contributed by atoms with Gasteiger partial charge in [-0.25, -0.2) is 8.42 Å². The highest BCUT2D eigenvalue weighted by molar-refractivity contribution is 7.89. The summed E-state index contributed by atoms with van der Waals surface area (Å²) < 4.78 is 64.2. The smallest absolute Gasteiger partial charge is 0.309 e. The van der Waals surface area contributed by atoms with Crippen molar-refractivity contribution in [2.24, 2.45) is 0 Å². The summed E-state index contributed by atoms with van der Waals surface area (Å²) in [6, 6.07) is 3.65. The molecule has 4 nitrogen and oxygen atoms in total. The number of alkyl halides is 3. The van der Waals surface area contributed by atoms with Crippen molar-refractivity contribution >= 4 is 10.0 Å². The topological polar surface area (TPSA) is 40.6 Å². The summed E-state index contributed by atoms with van der Waals surface area (Å²) in [7, 11) is 0.0187. The van der Waals surface area contributed by atoms with Crippen LogP contribution in [-0.4, -0.2) is 51.4 Å². The van der Waals surface area contributed by atoms with E-state index in [0.717, 1.165) is 30.8 Å². The Morgan fingerprint density at radius 1 is 1.00 bits per heavy atom. The third kappa shape index (κ3) is 5.78. The molecule has 0 amide bonds. The molecule has 1 rings (SSSR count). The Balaban J connectivity index is 2.96. The Hall–Kier alpha value is -1.12. The van der Waals surface area contributed by atoms with Gasteiger partial charge in [0, 0.05) is 13.1 Å². The molecule has 0 atom stereocenters. The molecule has 0 aliphatic carbocycles. The van der Waals surface area contributed by atoms with Gasteiger partial charge in [-0.3, -0.25) is 0 Å². The van der Waals surface area contributed by atoms with E-state index in [1.54, 1.807) is 0 Å². The van der Waals surface area contributed by atoms with E-state index in [1.807, 2.05) is 25.9 Å². The molecule has 0 saturated carbocycles. The molecule has 0 aliphatic rings. The molecule has 0 bridgehead atoms. The maximum atomic E-state index is 12.6. The molecule has 0 radical (unpaired) electrons. The highest BCUT2D eigenvalue weighted by Gasteiger charge is 2.31. The van der Waals surface area contributed by atoms with Gasteiger partial charge < -0.3 is 4.90 Å². The van der Waals surface area contributed by atoms with Crippen molar-refractivity contribution in [3.8, 4) is 0 Å². The Labute approximate surface area is 135 Å². The average Bonchev–Trinajstić information content (AvgIpc) is 2.45. The first-order valence-electron chi connectivity index (χ1n) is 7.41. The molecule has 0 unspecified atom stereocenters. The maximum Gasteiger partial charge on any atom is 0.416 e. The number of hydrogen-bond donors (Lipinski definition) is 0. The quantitative estimate of drug-likeness (QED) is 0.722. The molecule has 0 aliphatic heterocycles. The second-order valence-corrected chi connectivity index (χ2v) is 7.52. The third-order valence-electron chi connectivity index (χ3n) is 3.31. The molecular formula is C15H23F3N2O2S. The largest absolute Gasteiger partial charge is 0.416 e. The van der Waals surface area contributed by atoms with Crippen LogP contribution in [0.5, 0.6) is 0 Å². The van der Waals surface area contributed by atoms with E-state index in [9.17, 15) is 21.6 Å². The lowest BCUT2D eigenvalue weighted by molar-refractivity contribution is -0.137. The fourth-order valence-corrected chi connectivity index (χ4v) is 3.70. The fraction of sp³-hybridized carbons (Fsp3) is 0.600. The zero-order chi connectivity index (χ0) is 17.7. The average molecular weight is 352 g/mol.